The van der Waals surface area contributed by atoms with Crippen LogP contribution in [0.25, 0.3) is 0 Å². The van der Waals surface area contributed by atoms with E-state index in [0.29, 0.717) is 24.9 Å². The molecule has 1 aromatic rings. The van der Waals surface area contributed by atoms with Crippen molar-refractivity contribution in [2.75, 3.05) is 26.2 Å². The molecule has 3 aliphatic rings. The number of benzene rings is 1. The number of carbonyl (C=O) groups excluding carboxylic acids is 1. The zero-order valence-electron chi connectivity index (χ0n) is 17.3. The van der Waals surface area contributed by atoms with E-state index in [-0.39, 0.29) is 5.91 Å². The summed E-state index contributed by atoms with van der Waals surface area (Å²) in [4.78, 5) is 21.5. The fourth-order valence-corrected chi connectivity index (χ4v) is 5.18. The second-order valence-electron chi connectivity index (χ2n) is 8.74. The topological polar surface area (TPSA) is 47.9 Å². The molecule has 0 unspecified atom stereocenters. The van der Waals surface area contributed by atoms with Crippen LogP contribution in [0, 0.1) is 5.41 Å². The van der Waals surface area contributed by atoms with Gasteiger partial charge in [0.15, 0.2) is 5.96 Å². The van der Waals surface area contributed by atoms with Gasteiger partial charge in [-0.3, -0.25) is 4.79 Å². The van der Waals surface area contributed by atoms with Crippen LogP contribution in [0.15, 0.2) is 29.3 Å². The summed E-state index contributed by atoms with van der Waals surface area (Å²) in [6, 6.07) is 8.45. The minimum absolute atomic E-state index is 0.283. The smallest absolute Gasteiger partial charge is 0.222 e. The van der Waals surface area contributed by atoms with Crippen LogP contribution in [-0.2, 0) is 17.9 Å². The first-order valence-corrected chi connectivity index (χ1v) is 11.1. The molecule has 0 bridgehead atoms. The molecule has 3 fully saturated rings. The van der Waals surface area contributed by atoms with Gasteiger partial charge in [-0.25, -0.2) is 4.99 Å². The van der Waals surface area contributed by atoms with Crippen molar-refractivity contribution in [3.05, 3.63) is 35.4 Å². The van der Waals surface area contributed by atoms with E-state index in [4.69, 9.17) is 4.99 Å². The molecule has 28 heavy (non-hydrogen) atoms. The maximum Gasteiger partial charge on any atom is 0.222 e. The van der Waals surface area contributed by atoms with Gasteiger partial charge in [0.1, 0.15) is 0 Å². The summed E-state index contributed by atoms with van der Waals surface area (Å²) in [5.74, 6) is 1.34. The second kappa shape index (κ2) is 8.54. The Labute approximate surface area is 169 Å². The highest BCUT2D eigenvalue weighted by Gasteiger charge is 2.41. The maximum atomic E-state index is 12.0. The van der Waals surface area contributed by atoms with Gasteiger partial charge in [-0.05, 0) is 49.1 Å². The Balaban J connectivity index is 1.46. The molecular formula is C23H34N4O. The Hall–Kier alpha value is -2.04. The summed E-state index contributed by atoms with van der Waals surface area (Å²) >= 11 is 0. The normalized spacial score (nSPS) is 21.9. The first kappa shape index (κ1) is 19.3. The summed E-state index contributed by atoms with van der Waals surface area (Å²) in [6.45, 7) is 7.58. The lowest BCUT2D eigenvalue weighted by atomic mass is 9.86. The summed E-state index contributed by atoms with van der Waals surface area (Å²) in [5, 5.41) is 3.51. The molecular weight excluding hydrogens is 348 g/mol. The maximum absolute atomic E-state index is 12.0. The van der Waals surface area contributed by atoms with Crippen LogP contribution in [-0.4, -0.2) is 47.8 Å². The molecule has 1 spiro atoms. The van der Waals surface area contributed by atoms with Gasteiger partial charge in [-0.2, -0.15) is 0 Å². The SMILES string of the molecule is CCNC(=NCc1ccccc1CN1CCCC1=O)N1CCC2(CCCC2)C1. The molecule has 2 heterocycles. The third-order valence-electron chi connectivity index (χ3n) is 6.79. The van der Waals surface area contributed by atoms with Gasteiger partial charge in [-0.15, -0.1) is 0 Å². The van der Waals surface area contributed by atoms with Gasteiger partial charge in [0.05, 0.1) is 6.54 Å². The van der Waals surface area contributed by atoms with E-state index in [0.717, 1.165) is 38.6 Å². The van der Waals surface area contributed by atoms with Crippen molar-refractivity contribution >= 4 is 11.9 Å². The summed E-state index contributed by atoms with van der Waals surface area (Å²) < 4.78 is 0. The monoisotopic (exact) mass is 382 g/mol. The summed E-state index contributed by atoms with van der Waals surface area (Å²) in [6.07, 6.45) is 8.55. The zero-order valence-corrected chi connectivity index (χ0v) is 17.3. The number of nitrogens with zero attached hydrogens (tertiary/aromatic N) is 3. The van der Waals surface area contributed by atoms with Crippen molar-refractivity contribution < 1.29 is 4.79 Å². The van der Waals surface area contributed by atoms with Gasteiger partial charge in [0.25, 0.3) is 0 Å². The lowest BCUT2D eigenvalue weighted by Gasteiger charge is -2.26. The van der Waals surface area contributed by atoms with Crippen molar-refractivity contribution in [2.45, 2.75) is 65.0 Å². The van der Waals surface area contributed by atoms with Gasteiger partial charge < -0.3 is 15.1 Å². The highest BCUT2D eigenvalue weighted by molar-refractivity contribution is 5.80. The number of hydrogen-bond donors (Lipinski definition) is 1. The zero-order chi connectivity index (χ0) is 19.4. The highest BCUT2D eigenvalue weighted by Crippen LogP contribution is 2.45. The predicted octanol–water partition coefficient (Wildman–Crippen LogP) is 3.54. The fraction of sp³-hybridized carbons (Fsp3) is 0.652. The lowest BCUT2D eigenvalue weighted by molar-refractivity contribution is -0.128. The summed E-state index contributed by atoms with van der Waals surface area (Å²) in [5.41, 5.74) is 3.00. The van der Waals surface area contributed by atoms with Crippen LogP contribution in [0.4, 0.5) is 0 Å². The van der Waals surface area contributed by atoms with E-state index < -0.39 is 0 Å². The van der Waals surface area contributed by atoms with Gasteiger partial charge in [0.2, 0.25) is 5.91 Å². The third kappa shape index (κ3) is 4.18. The third-order valence-corrected chi connectivity index (χ3v) is 6.79. The van der Waals surface area contributed by atoms with E-state index in [1.807, 2.05) is 4.90 Å². The van der Waals surface area contributed by atoms with Gasteiger partial charge in [0, 0.05) is 39.1 Å². The molecule has 152 valence electrons. The Morgan fingerprint density at radius 3 is 2.61 bits per heavy atom. The van der Waals surface area contributed by atoms with Crippen molar-refractivity contribution in [3.63, 3.8) is 0 Å². The molecule has 1 aromatic carbocycles. The number of guanidine groups is 1. The van der Waals surface area contributed by atoms with E-state index >= 15 is 0 Å². The van der Waals surface area contributed by atoms with E-state index in [1.54, 1.807) is 0 Å². The Kier molecular flexibility index (Phi) is 5.88. The number of rotatable bonds is 5. The molecule has 5 nitrogen and oxygen atoms in total. The standard InChI is InChI=1S/C23H34N4O/c1-2-24-22(27-15-13-23(18-27)11-5-6-12-23)25-16-19-8-3-4-9-20(19)17-26-14-7-10-21(26)28/h3-4,8-9H,2,5-7,10-18H2,1H3,(H,24,25). The van der Waals surface area contributed by atoms with Crippen LogP contribution >= 0.6 is 0 Å². The molecule has 0 aromatic heterocycles. The molecule has 0 radical (unpaired) electrons. The van der Waals surface area contributed by atoms with Crippen molar-refractivity contribution in [1.29, 1.82) is 0 Å². The minimum Gasteiger partial charge on any atom is -0.357 e. The van der Waals surface area contributed by atoms with Crippen molar-refractivity contribution in [3.8, 4) is 0 Å². The van der Waals surface area contributed by atoms with Crippen LogP contribution in [0.2, 0.25) is 0 Å². The van der Waals surface area contributed by atoms with E-state index in [1.165, 1.54) is 43.2 Å². The average Bonchev–Trinajstić information content (AvgIpc) is 3.44. The fourth-order valence-electron chi connectivity index (χ4n) is 5.18. The number of aliphatic imine (C=N–C) groups is 1. The second-order valence-corrected chi connectivity index (χ2v) is 8.74. The first-order chi connectivity index (χ1) is 13.7. The molecule has 5 heteroatoms. The Bertz CT molecular complexity index is 723. The van der Waals surface area contributed by atoms with Crippen molar-refractivity contribution in [1.82, 2.24) is 15.1 Å². The largest absolute Gasteiger partial charge is 0.357 e. The number of hydrogen-bond acceptors (Lipinski definition) is 2. The quantitative estimate of drug-likeness (QED) is 0.626. The molecule has 2 saturated heterocycles. The van der Waals surface area contributed by atoms with Gasteiger partial charge in [-0.1, -0.05) is 37.1 Å². The van der Waals surface area contributed by atoms with Crippen LogP contribution in [0.1, 0.15) is 63.0 Å². The number of nitrogens with one attached hydrogen (secondary N) is 1. The van der Waals surface area contributed by atoms with E-state index in [2.05, 4.69) is 41.4 Å². The first-order valence-electron chi connectivity index (χ1n) is 11.1. The Morgan fingerprint density at radius 1 is 1.11 bits per heavy atom. The minimum atomic E-state index is 0.283. The van der Waals surface area contributed by atoms with Crippen LogP contribution in [0.3, 0.4) is 0 Å². The summed E-state index contributed by atoms with van der Waals surface area (Å²) in [7, 11) is 0. The Morgan fingerprint density at radius 2 is 1.89 bits per heavy atom. The average molecular weight is 383 g/mol. The molecule has 1 N–H and O–H groups in total. The lowest BCUT2D eigenvalue weighted by Crippen LogP contribution is -2.41. The molecule has 0 atom stereocenters. The highest BCUT2D eigenvalue weighted by atomic mass is 16.2. The van der Waals surface area contributed by atoms with Crippen molar-refractivity contribution in [2.24, 2.45) is 10.4 Å². The van der Waals surface area contributed by atoms with Crippen LogP contribution in [0.5, 0.6) is 0 Å². The molecule has 4 rings (SSSR count). The molecule has 1 amide bonds. The number of carbonyl (C=O) groups is 1. The molecule has 2 aliphatic heterocycles. The van der Waals surface area contributed by atoms with Crippen LogP contribution < -0.4 is 5.32 Å². The molecule has 1 saturated carbocycles. The number of likely N-dealkylation sites (tertiary alicyclic amines) is 2. The predicted molar refractivity (Wildman–Crippen MR) is 113 cm³/mol. The van der Waals surface area contributed by atoms with Gasteiger partial charge >= 0.3 is 0 Å². The number of amides is 1. The molecule has 1 aliphatic carbocycles. The van der Waals surface area contributed by atoms with E-state index in [9.17, 15) is 4.79 Å².